The molecule has 0 atom stereocenters. The van der Waals surface area contributed by atoms with Crippen LogP contribution in [-0.4, -0.2) is 20.5 Å². The van der Waals surface area contributed by atoms with Crippen molar-refractivity contribution in [2.75, 3.05) is 20.5 Å². The minimum atomic E-state index is 0.369. The number of halogens is 1. The van der Waals surface area contributed by atoms with Gasteiger partial charge in [0.25, 0.3) is 0 Å². The van der Waals surface area contributed by atoms with Gasteiger partial charge in [-0.2, -0.15) is 0 Å². The van der Waals surface area contributed by atoms with E-state index in [9.17, 15) is 0 Å². The number of methoxy groups -OCH3 is 1. The Morgan fingerprint density at radius 3 is 2.92 bits per heavy atom. The van der Waals surface area contributed by atoms with E-state index in [-0.39, 0.29) is 0 Å². The fourth-order valence-corrected chi connectivity index (χ4v) is 1.47. The summed E-state index contributed by atoms with van der Waals surface area (Å²) in [4.78, 5) is 0. The molecule has 2 nitrogen and oxygen atoms in total. The normalized spacial score (nSPS) is 10.3. The van der Waals surface area contributed by atoms with E-state index in [4.69, 9.17) is 9.47 Å². The molecule has 0 saturated carbocycles. The van der Waals surface area contributed by atoms with Gasteiger partial charge in [0.2, 0.25) is 0 Å². The van der Waals surface area contributed by atoms with E-state index in [0.29, 0.717) is 13.4 Å². The molecule has 0 fully saturated rings. The lowest BCUT2D eigenvalue weighted by Crippen LogP contribution is -2.01. The van der Waals surface area contributed by atoms with Crippen LogP contribution in [0.5, 0.6) is 0 Å². The van der Waals surface area contributed by atoms with Crippen molar-refractivity contribution in [3.05, 3.63) is 34.3 Å². The fraction of sp³-hybridized carbons (Fsp3) is 0.400. The van der Waals surface area contributed by atoms with Gasteiger partial charge in [0.15, 0.2) is 0 Å². The van der Waals surface area contributed by atoms with Gasteiger partial charge in [-0.3, -0.25) is 0 Å². The predicted molar refractivity (Wildman–Crippen MR) is 55.7 cm³/mol. The van der Waals surface area contributed by atoms with Gasteiger partial charge in [-0.05, 0) is 24.1 Å². The first-order chi connectivity index (χ1) is 6.33. The van der Waals surface area contributed by atoms with Crippen molar-refractivity contribution in [1.82, 2.24) is 0 Å². The quantitative estimate of drug-likeness (QED) is 0.586. The Bertz CT molecular complexity index is 250. The second-order valence-corrected chi connectivity index (χ2v) is 3.61. The zero-order valence-electron chi connectivity index (χ0n) is 7.63. The number of rotatable bonds is 5. The largest absolute Gasteiger partial charge is 0.359 e. The smallest absolute Gasteiger partial charge is 0.146 e. The number of hydrogen-bond acceptors (Lipinski definition) is 2. The topological polar surface area (TPSA) is 18.5 Å². The van der Waals surface area contributed by atoms with Gasteiger partial charge in [-0.1, -0.05) is 28.1 Å². The Kier molecular flexibility index (Phi) is 5.05. The first-order valence-electron chi connectivity index (χ1n) is 4.14. The molecule has 0 N–H and O–H groups in total. The summed E-state index contributed by atoms with van der Waals surface area (Å²) < 4.78 is 11.1. The zero-order chi connectivity index (χ0) is 9.52. The lowest BCUT2D eigenvalue weighted by atomic mass is 10.2. The molecule has 0 aliphatic rings. The van der Waals surface area contributed by atoms with Gasteiger partial charge < -0.3 is 9.47 Å². The standard InChI is InChI=1S/C10H13BrO2/c1-12-8-13-6-5-9-3-2-4-10(11)7-9/h2-4,7H,5-6,8H2,1H3. The highest BCUT2D eigenvalue weighted by atomic mass is 79.9. The van der Waals surface area contributed by atoms with Crippen LogP contribution in [0.3, 0.4) is 0 Å². The molecular formula is C10H13BrO2. The van der Waals surface area contributed by atoms with Crippen LogP contribution in [0.25, 0.3) is 0 Å². The summed E-state index contributed by atoms with van der Waals surface area (Å²) in [6.45, 7) is 1.07. The van der Waals surface area contributed by atoms with Gasteiger partial charge in [0.1, 0.15) is 6.79 Å². The van der Waals surface area contributed by atoms with E-state index in [1.54, 1.807) is 7.11 Å². The highest BCUT2D eigenvalue weighted by molar-refractivity contribution is 9.10. The molecule has 0 heterocycles. The monoisotopic (exact) mass is 244 g/mol. The van der Waals surface area contributed by atoms with Gasteiger partial charge in [0, 0.05) is 11.6 Å². The molecule has 0 bridgehead atoms. The maximum Gasteiger partial charge on any atom is 0.146 e. The molecule has 0 radical (unpaired) electrons. The van der Waals surface area contributed by atoms with Crippen LogP contribution in [0, 0.1) is 0 Å². The molecule has 1 aromatic rings. The van der Waals surface area contributed by atoms with Crippen molar-refractivity contribution >= 4 is 15.9 Å². The molecule has 1 rings (SSSR count). The molecule has 3 heteroatoms. The molecule has 0 unspecified atom stereocenters. The summed E-state index contributed by atoms with van der Waals surface area (Å²) in [5.74, 6) is 0. The average Bonchev–Trinajstić information content (AvgIpc) is 2.13. The minimum absolute atomic E-state index is 0.369. The van der Waals surface area contributed by atoms with E-state index in [1.807, 2.05) is 12.1 Å². The van der Waals surface area contributed by atoms with Crippen molar-refractivity contribution in [2.45, 2.75) is 6.42 Å². The number of benzene rings is 1. The van der Waals surface area contributed by atoms with Gasteiger partial charge in [0.05, 0.1) is 6.61 Å². The Morgan fingerprint density at radius 1 is 1.38 bits per heavy atom. The van der Waals surface area contributed by atoms with Crippen molar-refractivity contribution in [2.24, 2.45) is 0 Å². The molecule has 0 aromatic heterocycles. The van der Waals surface area contributed by atoms with E-state index in [0.717, 1.165) is 10.9 Å². The van der Waals surface area contributed by atoms with Gasteiger partial charge in [-0.15, -0.1) is 0 Å². The highest BCUT2D eigenvalue weighted by Gasteiger charge is 1.93. The van der Waals surface area contributed by atoms with Gasteiger partial charge in [-0.25, -0.2) is 0 Å². The van der Waals surface area contributed by atoms with Crippen LogP contribution < -0.4 is 0 Å². The fourth-order valence-electron chi connectivity index (χ4n) is 1.02. The summed E-state index contributed by atoms with van der Waals surface area (Å²) in [6.07, 6.45) is 0.919. The van der Waals surface area contributed by atoms with E-state index in [2.05, 4.69) is 28.1 Å². The molecule has 0 aliphatic carbocycles. The zero-order valence-corrected chi connectivity index (χ0v) is 9.21. The van der Waals surface area contributed by atoms with Crippen LogP contribution in [0.1, 0.15) is 5.56 Å². The molecule has 0 saturated heterocycles. The Hall–Kier alpha value is -0.380. The molecular weight excluding hydrogens is 232 g/mol. The van der Waals surface area contributed by atoms with Gasteiger partial charge >= 0.3 is 0 Å². The summed E-state index contributed by atoms with van der Waals surface area (Å²) in [6, 6.07) is 8.21. The maximum atomic E-state index is 5.19. The SMILES string of the molecule is COCOCCc1cccc(Br)c1. The maximum absolute atomic E-state index is 5.19. The third-order valence-corrected chi connectivity index (χ3v) is 2.12. The second kappa shape index (κ2) is 6.13. The Balaban J connectivity index is 2.28. The summed E-state index contributed by atoms with van der Waals surface area (Å²) in [5, 5.41) is 0. The molecule has 0 spiro atoms. The van der Waals surface area contributed by atoms with Crippen LogP contribution in [0.2, 0.25) is 0 Å². The van der Waals surface area contributed by atoms with Crippen LogP contribution in [-0.2, 0) is 15.9 Å². The van der Waals surface area contributed by atoms with E-state index >= 15 is 0 Å². The first-order valence-corrected chi connectivity index (χ1v) is 4.93. The summed E-state index contributed by atoms with van der Waals surface area (Å²) in [5.41, 5.74) is 1.27. The molecule has 0 aliphatic heterocycles. The molecule has 13 heavy (non-hydrogen) atoms. The van der Waals surface area contributed by atoms with Crippen LogP contribution in [0.15, 0.2) is 28.7 Å². The predicted octanol–water partition coefficient (Wildman–Crippen LogP) is 2.61. The highest BCUT2D eigenvalue weighted by Crippen LogP contribution is 2.11. The molecule has 1 aromatic carbocycles. The average molecular weight is 245 g/mol. The third kappa shape index (κ3) is 4.41. The second-order valence-electron chi connectivity index (χ2n) is 2.69. The Morgan fingerprint density at radius 2 is 2.23 bits per heavy atom. The number of hydrogen-bond donors (Lipinski definition) is 0. The summed E-state index contributed by atoms with van der Waals surface area (Å²) in [7, 11) is 1.62. The van der Waals surface area contributed by atoms with Crippen molar-refractivity contribution in [1.29, 1.82) is 0 Å². The van der Waals surface area contributed by atoms with Crippen molar-refractivity contribution in [3.63, 3.8) is 0 Å². The lowest BCUT2D eigenvalue weighted by molar-refractivity contribution is -0.0291. The van der Waals surface area contributed by atoms with Crippen molar-refractivity contribution < 1.29 is 9.47 Å². The molecule has 0 amide bonds. The first kappa shape index (κ1) is 10.7. The Labute approximate surface area is 87.0 Å². The van der Waals surface area contributed by atoms with E-state index in [1.165, 1.54) is 5.56 Å². The van der Waals surface area contributed by atoms with E-state index < -0.39 is 0 Å². The molecule has 72 valence electrons. The van der Waals surface area contributed by atoms with Crippen LogP contribution in [0.4, 0.5) is 0 Å². The third-order valence-electron chi connectivity index (χ3n) is 1.63. The summed E-state index contributed by atoms with van der Waals surface area (Å²) >= 11 is 3.42. The minimum Gasteiger partial charge on any atom is -0.359 e. The van der Waals surface area contributed by atoms with Crippen molar-refractivity contribution in [3.8, 4) is 0 Å². The number of ether oxygens (including phenoxy) is 2. The van der Waals surface area contributed by atoms with Crippen LogP contribution >= 0.6 is 15.9 Å². The lowest BCUT2D eigenvalue weighted by Gasteiger charge is -2.03.